The lowest BCUT2D eigenvalue weighted by atomic mass is 10.0. The number of pyridine rings is 1. The Balaban J connectivity index is 1.77. The third-order valence-corrected chi connectivity index (χ3v) is 5.74. The molecule has 0 bridgehead atoms. The number of nitrogens with zero attached hydrogens (tertiary/aromatic N) is 4. The fraction of sp³-hybridized carbons (Fsp3) is 0.350. The van der Waals surface area contributed by atoms with Gasteiger partial charge in [-0.05, 0) is 37.1 Å². The number of aromatic nitrogens is 3. The molecule has 1 saturated heterocycles. The second kappa shape index (κ2) is 8.67. The Bertz CT molecular complexity index is 1010. The summed E-state index contributed by atoms with van der Waals surface area (Å²) >= 11 is 13.0. The number of nitrogens with two attached hydrogens (primary N) is 1. The molecule has 3 aromatic rings. The number of hydrogen-bond donors (Lipinski definition) is 3. The standard InChI is InChI=1S/C20H22Cl2N6O/c21-15-2-1-3-16(22)17(15)14-8-13-10-25-20(23)27-18(13)26-19(14)28-6-4-12(11-28)9-24-5-7-29/h1-3,8,10,12,24,29H,4-7,9,11H2,(H2,23,25,26,27). The van der Waals surface area contributed by atoms with Crippen molar-refractivity contribution in [1.29, 1.82) is 0 Å². The predicted octanol–water partition coefficient (Wildman–Crippen LogP) is 2.99. The van der Waals surface area contributed by atoms with Crippen molar-refractivity contribution in [3.63, 3.8) is 0 Å². The van der Waals surface area contributed by atoms with E-state index in [0.29, 0.717) is 28.2 Å². The molecule has 1 aliphatic rings. The van der Waals surface area contributed by atoms with E-state index in [1.54, 1.807) is 6.20 Å². The van der Waals surface area contributed by atoms with Crippen molar-refractivity contribution in [3.8, 4) is 11.1 Å². The number of aliphatic hydroxyl groups is 1. The summed E-state index contributed by atoms with van der Waals surface area (Å²) in [5, 5.41) is 14.2. The molecule has 1 aromatic carbocycles. The molecule has 152 valence electrons. The van der Waals surface area contributed by atoms with Crippen LogP contribution in [0.15, 0.2) is 30.5 Å². The van der Waals surface area contributed by atoms with Crippen molar-refractivity contribution in [3.05, 3.63) is 40.5 Å². The molecule has 0 saturated carbocycles. The van der Waals surface area contributed by atoms with Crippen LogP contribution in [0.3, 0.4) is 0 Å². The van der Waals surface area contributed by atoms with Crippen LogP contribution in [-0.4, -0.2) is 52.8 Å². The molecule has 0 amide bonds. The van der Waals surface area contributed by atoms with Crippen molar-refractivity contribution in [2.45, 2.75) is 6.42 Å². The Hall–Kier alpha value is -2.19. The number of hydrogen-bond acceptors (Lipinski definition) is 7. The van der Waals surface area contributed by atoms with Gasteiger partial charge in [-0.15, -0.1) is 0 Å². The van der Waals surface area contributed by atoms with Crippen LogP contribution in [0, 0.1) is 5.92 Å². The van der Waals surface area contributed by atoms with Gasteiger partial charge in [-0.25, -0.2) is 9.97 Å². The first kappa shape index (κ1) is 20.1. The van der Waals surface area contributed by atoms with E-state index in [0.717, 1.165) is 48.4 Å². The van der Waals surface area contributed by atoms with Crippen LogP contribution < -0.4 is 16.0 Å². The summed E-state index contributed by atoms with van der Waals surface area (Å²) in [5.74, 6) is 1.44. The Morgan fingerprint density at radius 3 is 2.79 bits per heavy atom. The summed E-state index contributed by atoms with van der Waals surface area (Å²) in [6.45, 7) is 3.29. The first-order valence-electron chi connectivity index (χ1n) is 9.51. The lowest BCUT2D eigenvalue weighted by molar-refractivity contribution is 0.289. The second-order valence-corrected chi connectivity index (χ2v) is 7.94. The minimum absolute atomic E-state index is 0.138. The van der Waals surface area contributed by atoms with Crippen molar-refractivity contribution < 1.29 is 5.11 Å². The number of fused-ring (bicyclic) bond motifs is 1. The number of rotatable bonds is 6. The van der Waals surface area contributed by atoms with Crippen molar-refractivity contribution >= 4 is 46.0 Å². The summed E-state index contributed by atoms with van der Waals surface area (Å²) < 4.78 is 0. The summed E-state index contributed by atoms with van der Waals surface area (Å²) in [5.41, 5.74) is 7.91. The van der Waals surface area contributed by atoms with Gasteiger partial charge in [0.05, 0.1) is 16.7 Å². The lowest BCUT2D eigenvalue weighted by Gasteiger charge is -2.22. The lowest BCUT2D eigenvalue weighted by Crippen LogP contribution is -2.28. The third-order valence-electron chi connectivity index (χ3n) is 5.11. The summed E-state index contributed by atoms with van der Waals surface area (Å²) in [7, 11) is 0. The molecule has 3 heterocycles. The van der Waals surface area contributed by atoms with Crippen LogP contribution in [-0.2, 0) is 0 Å². The highest BCUT2D eigenvalue weighted by Crippen LogP contribution is 2.41. The van der Waals surface area contributed by atoms with Crippen molar-refractivity contribution in [2.75, 3.05) is 43.4 Å². The largest absolute Gasteiger partial charge is 0.395 e. The first-order valence-corrected chi connectivity index (χ1v) is 10.3. The van der Waals surface area contributed by atoms with Gasteiger partial charge >= 0.3 is 0 Å². The number of aliphatic hydroxyl groups excluding tert-OH is 1. The normalized spacial score (nSPS) is 16.7. The first-order chi connectivity index (χ1) is 14.1. The van der Waals surface area contributed by atoms with E-state index >= 15 is 0 Å². The molecular weight excluding hydrogens is 411 g/mol. The average molecular weight is 433 g/mol. The fourth-order valence-corrected chi connectivity index (χ4v) is 4.33. The van der Waals surface area contributed by atoms with Gasteiger partial charge in [0, 0.05) is 42.3 Å². The van der Waals surface area contributed by atoms with Crippen LogP contribution in [0.2, 0.25) is 10.0 Å². The van der Waals surface area contributed by atoms with E-state index in [2.05, 4.69) is 20.2 Å². The third kappa shape index (κ3) is 4.23. The van der Waals surface area contributed by atoms with Gasteiger partial charge in [-0.3, -0.25) is 0 Å². The SMILES string of the molecule is Nc1ncc2cc(-c3c(Cl)cccc3Cl)c(N3CCC(CNCCO)C3)nc2n1. The molecule has 2 aromatic heterocycles. The predicted molar refractivity (Wildman–Crippen MR) is 117 cm³/mol. The molecule has 1 fully saturated rings. The molecule has 7 nitrogen and oxygen atoms in total. The zero-order valence-corrected chi connectivity index (χ0v) is 17.3. The summed E-state index contributed by atoms with van der Waals surface area (Å²) in [6, 6.07) is 7.44. The molecule has 9 heteroatoms. The van der Waals surface area contributed by atoms with Crippen LogP contribution in [0.4, 0.5) is 11.8 Å². The zero-order valence-electron chi connectivity index (χ0n) is 15.8. The minimum atomic E-state index is 0.138. The molecular formula is C20H22Cl2N6O. The summed E-state index contributed by atoms with van der Waals surface area (Å²) in [4.78, 5) is 15.4. The average Bonchev–Trinajstić information content (AvgIpc) is 3.16. The molecule has 4 N–H and O–H groups in total. The van der Waals surface area contributed by atoms with Gasteiger partial charge in [0.1, 0.15) is 5.82 Å². The Labute approximate surface area is 178 Å². The van der Waals surface area contributed by atoms with Crippen molar-refractivity contribution in [2.24, 2.45) is 5.92 Å². The molecule has 1 aliphatic heterocycles. The monoisotopic (exact) mass is 432 g/mol. The van der Waals surface area contributed by atoms with Gasteiger partial charge < -0.3 is 21.1 Å². The Morgan fingerprint density at radius 1 is 1.24 bits per heavy atom. The maximum atomic E-state index is 8.98. The van der Waals surface area contributed by atoms with E-state index in [1.807, 2.05) is 24.3 Å². The van der Waals surface area contributed by atoms with E-state index in [-0.39, 0.29) is 12.6 Å². The van der Waals surface area contributed by atoms with Crippen LogP contribution >= 0.6 is 23.2 Å². The molecule has 0 aliphatic carbocycles. The van der Waals surface area contributed by atoms with Crippen molar-refractivity contribution in [1.82, 2.24) is 20.3 Å². The highest BCUT2D eigenvalue weighted by Gasteiger charge is 2.27. The van der Waals surface area contributed by atoms with Gasteiger partial charge in [-0.1, -0.05) is 29.3 Å². The van der Waals surface area contributed by atoms with Crippen LogP contribution in [0.5, 0.6) is 0 Å². The summed E-state index contributed by atoms with van der Waals surface area (Å²) in [6.07, 6.45) is 2.69. The maximum absolute atomic E-state index is 8.98. The highest BCUT2D eigenvalue weighted by molar-refractivity contribution is 6.39. The number of nitrogen functional groups attached to an aromatic ring is 1. The minimum Gasteiger partial charge on any atom is -0.395 e. The number of halogens is 2. The molecule has 4 rings (SSSR count). The number of benzene rings is 1. The smallest absolute Gasteiger partial charge is 0.222 e. The Kier molecular flexibility index (Phi) is 6.01. The molecule has 29 heavy (non-hydrogen) atoms. The number of anilines is 2. The fourth-order valence-electron chi connectivity index (χ4n) is 3.72. The molecule has 1 unspecified atom stereocenters. The van der Waals surface area contributed by atoms with Gasteiger partial charge in [0.25, 0.3) is 0 Å². The van der Waals surface area contributed by atoms with E-state index < -0.39 is 0 Å². The highest BCUT2D eigenvalue weighted by atomic mass is 35.5. The van der Waals surface area contributed by atoms with Gasteiger partial charge in [0.2, 0.25) is 5.95 Å². The van der Waals surface area contributed by atoms with Crippen LogP contribution in [0.25, 0.3) is 22.2 Å². The molecule has 0 radical (unpaired) electrons. The van der Waals surface area contributed by atoms with Gasteiger partial charge in [-0.2, -0.15) is 4.98 Å². The molecule has 0 spiro atoms. The van der Waals surface area contributed by atoms with Gasteiger partial charge in [0.15, 0.2) is 5.65 Å². The topological polar surface area (TPSA) is 100 Å². The van der Waals surface area contributed by atoms with E-state index in [4.69, 9.17) is 39.0 Å². The zero-order chi connectivity index (χ0) is 20.4. The van der Waals surface area contributed by atoms with E-state index in [1.165, 1.54) is 0 Å². The van der Waals surface area contributed by atoms with E-state index in [9.17, 15) is 0 Å². The molecule has 1 atom stereocenters. The quantitative estimate of drug-likeness (QED) is 0.514. The second-order valence-electron chi connectivity index (χ2n) is 7.13. The Morgan fingerprint density at radius 2 is 2.03 bits per heavy atom. The van der Waals surface area contributed by atoms with Crippen LogP contribution in [0.1, 0.15) is 6.42 Å². The maximum Gasteiger partial charge on any atom is 0.222 e. The number of nitrogens with one attached hydrogen (secondary N) is 1.